The molecule has 1 saturated heterocycles. The lowest BCUT2D eigenvalue weighted by Gasteiger charge is -2.27. The number of amides is 1. The summed E-state index contributed by atoms with van der Waals surface area (Å²) in [6.07, 6.45) is 2.46. The molecule has 1 aliphatic rings. The molecule has 5 nitrogen and oxygen atoms in total. The van der Waals surface area contributed by atoms with E-state index in [1.807, 2.05) is 30.3 Å². The van der Waals surface area contributed by atoms with Crippen LogP contribution in [-0.4, -0.2) is 32.2 Å². The number of carbonyl (C=O) groups is 1. The molecule has 0 spiro atoms. The van der Waals surface area contributed by atoms with E-state index < -0.39 is 10.0 Å². The molecule has 0 aromatic heterocycles. The van der Waals surface area contributed by atoms with Crippen LogP contribution >= 0.6 is 0 Å². The van der Waals surface area contributed by atoms with Crippen LogP contribution in [0, 0.1) is 0 Å². The van der Waals surface area contributed by atoms with E-state index in [-0.39, 0.29) is 10.8 Å². The van der Waals surface area contributed by atoms with Gasteiger partial charge in [0.25, 0.3) is 0 Å². The molecular formula is C19H22N2O3S. The summed E-state index contributed by atoms with van der Waals surface area (Å²) in [6, 6.07) is 16.1. The Morgan fingerprint density at radius 1 is 1.00 bits per heavy atom. The molecule has 0 unspecified atom stereocenters. The summed E-state index contributed by atoms with van der Waals surface area (Å²) < 4.78 is 26.8. The first-order valence-electron chi connectivity index (χ1n) is 8.39. The summed E-state index contributed by atoms with van der Waals surface area (Å²) in [5.41, 5.74) is 1.69. The van der Waals surface area contributed by atoms with E-state index in [4.69, 9.17) is 0 Å². The standard InChI is InChI=1S/C19H22N2O3S/c1-20(15-16-7-3-2-4-8-16)25(23,24)18-12-10-17(11-13-18)21-14-6-5-9-19(21)22/h2-4,7-8,10-13H,5-6,9,14-15H2,1H3. The highest BCUT2D eigenvalue weighted by Gasteiger charge is 2.23. The summed E-state index contributed by atoms with van der Waals surface area (Å²) in [4.78, 5) is 14.0. The molecule has 2 aromatic carbocycles. The summed E-state index contributed by atoms with van der Waals surface area (Å²) >= 11 is 0. The third-order valence-corrected chi connectivity index (χ3v) is 6.25. The van der Waals surface area contributed by atoms with E-state index in [1.54, 1.807) is 36.2 Å². The molecule has 0 bridgehead atoms. The van der Waals surface area contributed by atoms with Crippen molar-refractivity contribution in [3.8, 4) is 0 Å². The number of anilines is 1. The largest absolute Gasteiger partial charge is 0.312 e. The molecule has 25 heavy (non-hydrogen) atoms. The molecule has 1 aliphatic heterocycles. The lowest BCUT2D eigenvalue weighted by Crippen LogP contribution is -2.35. The van der Waals surface area contributed by atoms with Gasteiger partial charge in [-0.1, -0.05) is 30.3 Å². The predicted molar refractivity (Wildman–Crippen MR) is 97.7 cm³/mol. The van der Waals surface area contributed by atoms with Gasteiger partial charge in [0.1, 0.15) is 0 Å². The Balaban J connectivity index is 1.77. The molecule has 1 heterocycles. The van der Waals surface area contributed by atoms with Crippen LogP contribution in [0.15, 0.2) is 59.5 Å². The Hall–Kier alpha value is -2.18. The molecule has 1 fully saturated rings. The Bertz CT molecular complexity index is 833. The number of benzene rings is 2. The maximum absolute atomic E-state index is 12.7. The molecule has 2 aromatic rings. The minimum Gasteiger partial charge on any atom is -0.312 e. The molecule has 132 valence electrons. The van der Waals surface area contributed by atoms with Crippen LogP contribution < -0.4 is 4.90 Å². The van der Waals surface area contributed by atoms with Gasteiger partial charge >= 0.3 is 0 Å². The van der Waals surface area contributed by atoms with Crippen molar-refractivity contribution in [2.75, 3.05) is 18.5 Å². The van der Waals surface area contributed by atoms with Crippen molar-refractivity contribution in [2.45, 2.75) is 30.7 Å². The van der Waals surface area contributed by atoms with Gasteiger partial charge in [0.2, 0.25) is 15.9 Å². The average molecular weight is 358 g/mol. The van der Waals surface area contributed by atoms with Crippen molar-refractivity contribution in [3.63, 3.8) is 0 Å². The number of hydrogen-bond acceptors (Lipinski definition) is 3. The first-order valence-corrected chi connectivity index (χ1v) is 9.83. The van der Waals surface area contributed by atoms with Gasteiger partial charge in [0, 0.05) is 32.2 Å². The highest BCUT2D eigenvalue weighted by Crippen LogP contribution is 2.24. The van der Waals surface area contributed by atoms with Crippen LogP contribution in [0.5, 0.6) is 0 Å². The van der Waals surface area contributed by atoms with E-state index in [2.05, 4.69) is 0 Å². The second-order valence-electron chi connectivity index (χ2n) is 6.24. The lowest BCUT2D eigenvalue weighted by atomic mass is 10.1. The van der Waals surface area contributed by atoms with Crippen molar-refractivity contribution in [3.05, 3.63) is 60.2 Å². The van der Waals surface area contributed by atoms with Gasteiger partial charge in [-0.3, -0.25) is 4.79 Å². The molecular weight excluding hydrogens is 336 g/mol. The van der Waals surface area contributed by atoms with Gasteiger partial charge in [-0.15, -0.1) is 0 Å². The van der Waals surface area contributed by atoms with Crippen molar-refractivity contribution < 1.29 is 13.2 Å². The van der Waals surface area contributed by atoms with Gasteiger partial charge in [-0.2, -0.15) is 4.31 Å². The smallest absolute Gasteiger partial charge is 0.243 e. The molecule has 1 amide bonds. The Labute approximate surface area is 148 Å². The van der Waals surface area contributed by atoms with Gasteiger partial charge in [0.05, 0.1) is 4.90 Å². The summed E-state index contributed by atoms with van der Waals surface area (Å²) in [5, 5.41) is 0. The zero-order valence-corrected chi connectivity index (χ0v) is 15.1. The number of hydrogen-bond donors (Lipinski definition) is 0. The third kappa shape index (κ3) is 3.91. The molecule has 0 aliphatic carbocycles. The monoisotopic (exact) mass is 358 g/mol. The van der Waals surface area contributed by atoms with Crippen molar-refractivity contribution in [1.29, 1.82) is 0 Å². The van der Waals surface area contributed by atoms with Gasteiger partial charge in [0.15, 0.2) is 0 Å². The average Bonchev–Trinajstić information content (AvgIpc) is 2.63. The fourth-order valence-electron chi connectivity index (χ4n) is 2.98. The normalized spacial score (nSPS) is 15.6. The first kappa shape index (κ1) is 17.6. The van der Waals surface area contributed by atoms with E-state index in [9.17, 15) is 13.2 Å². The Kier molecular flexibility index (Phi) is 5.20. The maximum atomic E-state index is 12.7. The van der Waals surface area contributed by atoms with Crippen LogP contribution in [0.25, 0.3) is 0 Å². The summed E-state index contributed by atoms with van der Waals surface area (Å²) in [5.74, 6) is 0.100. The van der Waals surface area contributed by atoms with E-state index >= 15 is 0 Å². The lowest BCUT2D eigenvalue weighted by molar-refractivity contribution is -0.119. The van der Waals surface area contributed by atoms with Crippen molar-refractivity contribution in [2.24, 2.45) is 0 Å². The fraction of sp³-hybridized carbons (Fsp3) is 0.316. The zero-order valence-electron chi connectivity index (χ0n) is 14.3. The minimum atomic E-state index is -3.57. The van der Waals surface area contributed by atoms with Crippen LogP contribution in [-0.2, 0) is 21.4 Å². The number of sulfonamides is 1. The highest BCUT2D eigenvalue weighted by atomic mass is 32.2. The van der Waals surface area contributed by atoms with E-state index in [1.165, 1.54) is 4.31 Å². The quantitative estimate of drug-likeness (QED) is 0.825. The number of piperidine rings is 1. The van der Waals surface area contributed by atoms with Crippen molar-refractivity contribution >= 4 is 21.6 Å². The van der Waals surface area contributed by atoms with Gasteiger partial charge < -0.3 is 4.90 Å². The van der Waals surface area contributed by atoms with Gasteiger partial charge in [-0.05, 0) is 42.7 Å². The second-order valence-corrected chi connectivity index (χ2v) is 8.29. The Morgan fingerprint density at radius 2 is 1.68 bits per heavy atom. The highest BCUT2D eigenvalue weighted by molar-refractivity contribution is 7.89. The molecule has 3 rings (SSSR count). The zero-order chi connectivity index (χ0) is 17.9. The molecule has 6 heteroatoms. The van der Waals surface area contributed by atoms with Gasteiger partial charge in [-0.25, -0.2) is 8.42 Å². The van der Waals surface area contributed by atoms with Crippen molar-refractivity contribution in [1.82, 2.24) is 4.31 Å². The fourth-order valence-corrected chi connectivity index (χ4v) is 4.14. The molecule has 0 N–H and O–H groups in total. The van der Waals surface area contributed by atoms with Crippen LogP contribution in [0.3, 0.4) is 0 Å². The number of carbonyl (C=O) groups excluding carboxylic acids is 1. The first-order chi connectivity index (χ1) is 12.0. The molecule has 0 atom stereocenters. The number of rotatable bonds is 5. The van der Waals surface area contributed by atoms with E-state index in [0.717, 1.165) is 24.1 Å². The van der Waals surface area contributed by atoms with Crippen LogP contribution in [0.1, 0.15) is 24.8 Å². The minimum absolute atomic E-state index is 0.100. The predicted octanol–water partition coefficient (Wildman–Crippen LogP) is 3.02. The maximum Gasteiger partial charge on any atom is 0.243 e. The Morgan fingerprint density at radius 3 is 2.32 bits per heavy atom. The van der Waals surface area contributed by atoms with Crippen LogP contribution in [0.2, 0.25) is 0 Å². The van der Waals surface area contributed by atoms with E-state index in [0.29, 0.717) is 19.5 Å². The summed E-state index contributed by atoms with van der Waals surface area (Å²) in [7, 11) is -1.99. The molecule has 0 radical (unpaired) electrons. The number of nitrogens with zero attached hydrogens (tertiary/aromatic N) is 2. The topological polar surface area (TPSA) is 57.7 Å². The third-order valence-electron chi connectivity index (χ3n) is 4.43. The SMILES string of the molecule is CN(Cc1ccccc1)S(=O)(=O)c1ccc(N2CCCCC2=O)cc1. The van der Waals surface area contributed by atoms with Crippen LogP contribution in [0.4, 0.5) is 5.69 Å². The summed E-state index contributed by atoms with van der Waals surface area (Å²) in [6.45, 7) is 1.01. The second kappa shape index (κ2) is 7.37. The molecule has 0 saturated carbocycles.